The van der Waals surface area contributed by atoms with Crippen LogP contribution in [0.4, 0.5) is 0 Å². The van der Waals surface area contributed by atoms with E-state index in [1.54, 1.807) is 20.0 Å². The number of hydrogen-bond acceptors (Lipinski definition) is 4. The Morgan fingerprint density at radius 2 is 2.42 bits per heavy atom. The van der Waals surface area contributed by atoms with Crippen molar-refractivity contribution in [1.82, 2.24) is 4.37 Å². The second-order valence-electron chi connectivity index (χ2n) is 3.24. The van der Waals surface area contributed by atoms with Gasteiger partial charge in [0.2, 0.25) is 0 Å². The topological polar surface area (TPSA) is 42.4 Å². The summed E-state index contributed by atoms with van der Waals surface area (Å²) in [6.07, 6.45) is 2.33. The van der Waals surface area contributed by atoms with Crippen LogP contribution in [0.15, 0.2) is 12.3 Å². The first-order chi connectivity index (χ1) is 5.58. The molecule has 0 atom stereocenters. The van der Waals surface area contributed by atoms with Gasteiger partial charge >= 0.3 is 0 Å². The van der Waals surface area contributed by atoms with Crippen LogP contribution in [-0.2, 0) is 0 Å². The quantitative estimate of drug-likeness (QED) is 0.779. The van der Waals surface area contributed by atoms with Gasteiger partial charge in [-0.25, -0.2) is 0 Å². The standard InChI is InChI=1S/C8H13NO2S/c1-8(2,10)4-6-11-7-3-5-9-12-7/h3,5,10H,4,6H2,1-2H3. The first-order valence-electron chi connectivity index (χ1n) is 3.84. The van der Waals surface area contributed by atoms with Gasteiger partial charge in [0.1, 0.15) is 0 Å². The number of aliphatic hydroxyl groups is 1. The fourth-order valence-electron chi connectivity index (χ4n) is 0.680. The molecular formula is C8H13NO2S. The van der Waals surface area contributed by atoms with Crippen molar-refractivity contribution < 1.29 is 9.84 Å². The largest absolute Gasteiger partial charge is 0.483 e. The number of ether oxygens (including phenoxy) is 1. The SMILES string of the molecule is CC(C)(O)CCOc1ccns1. The summed E-state index contributed by atoms with van der Waals surface area (Å²) in [5, 5.41) is 10.2. The van der Waals surface area contributed by atoms with Crippen molar-refractivity contribution in [2.24, 2.45) is 0 Å². The van der Waals surface area contributed by atoms with E-state index in [1.165, 1.54) is 11.5 Å². The van der Waals surface area contributed by atoms with E-state index in [9.17, 15) is 5.11 Å². The van der Waals surface area contributed by atoms with Crippen LogP contribution >= 0.6 is 11.5 Å². The van der Waals surface area contributed by atoms with E-state index < -0.39 is 5.60 Å². The molecule has 0 saturated heterocycles. The summed E-state index contributed by atoms with van der Waals surface area (Å²) in [5.41, 5.74) is -0.648. The normalized spacial score (nSPS) is 11.6. The third-order valence-corrected chi connectivity index (χ3v) is 2.03. The predicted molar refractivity (Wildman–Crippen MR) is 48.5 cm³/mol. The van der Waals surface area contributed by atoms with E-state index in [1.807, 2.05) is 6.07 Å². The molecule has 1 N–H and O–H groups in total. The van der Waals surface area contributed by atoms with Crippen LogP contribution in [0.2, 0.25) is 0 Å². The molecule has 0 aliphatic rings. The maximum absolute atomic E-state index is 9.35. The summed E-state index contributed by atoms with van der Waals surface area (Å²) < 4.78 is 9.21. The second-order valence-corrected chi connectivity index (χ2v) is 4.04. The number of hydrogen-bond donors (Lipinski definition) is 1. The van der Waals surface area contributed by atoms with Crippen LogP contribution in [0, 0.1) is 0 Å². The van der Waals surface area contributed by atoms with E-state index in [-0.39, 0.29) is 0 Å². The molecule has 0 aromatic carbocycles. The average molecular weight is 187 g/mol. The first kappa shape index (κ1) is 9.48. The van der Waals surface area contributed by atoms with E-state index >= 15 is 0 Å². The van der Waals surface area contributed by atoms with Gasteiger partial charge < -0.3 is 9.84 Å². The summed E-state index contributed by atoms with van der Waals surface area (Å²) in [6.45, 7) is 4.07. The smallest absolute Gasteiger partial charge is 0.193 e. The minimum Gasteiger partial charge on any atom is -0.483 e. The molecule has 0 radical (unpaired) electrons. The lowest BCUT2D eigenvalue weighted by molar-refractivity contribution is 0.0559. The van der Waals surface area contributed by atoms with Crippen LogP contribution in [0.3, 0.4) is 0 Å². The van der Waals surface area contributed by atoms with Crippen LogP contribution in [0.5, 0.6) is 5.06 Å². The maximum atomic E-state index is 9.35. The molecule has 0 bridgehead atoms. The lowest BCUT2D eigenvalue weighted by atomic mass is 10.1. The highest BCUT2D eigenvalue weighted by Gasteiger charge is 2.12. The molecule has 0 unspecified atom stereocenters. The predicted octanol–water partition coefficient (Wildman–Crippen LogP) is 1.68. The molecule has 3 nitrogen and oxygen atoms in total. The minimum atomic E-state index is -0.648. The highest BCUT2D eigenvalue weighted by Crippen LogP contribution is 2.16. The summed E-state index contributed by atoms with van der Waals surface area (Å²) in [7, 11) is 0. The zero-order valence-electron chi connectivity index (χ0n) is 7.28. The summed E-state index contributed by atoms with van der Waals surface area (Å²) in [4.78, 5) is 0. The molecule has 68 valence electrons. The third kappa shape index (κ3) is 3.69. The van der Waals surface area contributed by atoms with Crippen molar-refractivity contribution in [3.8, 4) is 5.06 Å². The fraction of sp³-hybridized carbons (Fsp3) is 0.625. The van der Waals surface area contributed by atoms with Gasteiger partial charge in [0.05, 0.1) is 12.2 Å². The van der Waals surface area contributed by atoms with Crippen molar-refractivity contribution in [3.63, 3.8) is 0 Å². The molecule has 1 rings (SSSR count). The van der Waals surface area contributed by atoms with E-state index in [2.05, 4.69) is 4.37 Å². The number of aromatic nitrogens is 1. The monoisotopic (exact) mass is 187 g/mol. The van der Waals surface area contributed by atoms with Gasteiger partial charge in [-0.05, 0) is 13.8 Å². The van der Waals surface area contributed by atoms with Crippen molar-refractivity contribution in [2.45, 2.75) is 25.9 Å². The summed E-state index contributed by atoms with van der Waals surface area (Å²) in [5.74, 6) is 0. The lowest BCUT2D eigenvalue weighted by Crippen LogP contribution is -2.21. The number of rotatable bonds is 4. The Balaban J connectivity index is 2.20. The molecular weight excluding hydrogens is 174 g/mol. The van der Waals surface area contributed by atoms with Crippen molar-refractivity contribution >= 4 is 11.5 Å². The Bertz CT molecular complexity index is 215. The lowest BCUT2D eigenvalue weighted by Gasteiger charge is -2.16. The Hall–Kier alpha value is -0.610. The summed E-state index contributed by atoms with van der Waals surface area (Å²) >= 11 is 1.32. The molecule has 4 heteroatoms. The van der Waals surface area contributed by atoms with Crippen molar-refractivity contribution in [3.05, 3.63) is 12.3 Å². The maximum Gasteiger partial charge on any atom is 0.193 e. The van der Waals surface area contributed by atoms with Gasteiger partial charge in [0.15, 0.2) is 5.06 Å². The van der Waals surface area contributed by atoms with Crippen molar-refractivity contribution in [1.29, 1.82) is 0 Å². The first-order valence-corrected chi connectivity index (χ1v) is 4.61. The molecule has 1 heterocycles. The minimum absolute atomic E-state index is 0.533. The van der Waals surface area contributed by atoms with E-state index in [0.29, 0.717) is 13.0 Å². The molecule has 0 spiro atoms. The highest BCUT2D eigenvalue weighted by atomic mass is 32.1. The Kier molecular flexibility index (Phi) is 3.05. The van der Waals surface area contributed by atoms with Gasteiger partial charge in [-0.2, -0.15) is 4.37 Å². The average Bonchev–Trinajstić information content (AvgIpc) is 2.36. The fourth-order valence-corrected chi connectivity index (χ4v) is 1.16. The summed E-state index contributed by atoms with van der Waals surface area (Å²) in [6, 6.07) is 1.81. The molecule has 12 heavy (non-hydrogen) atoms. The molecule has 0 saturated carbocycles. The molecule has 0 aliphatic heterocycles. The highest BCUT2D eigenvalue weighted by molar-refractivity contribution is 7.07. The van der Waals surface area contributed by atoms with Crippen LogP contribution in [0.25, 0.3) is 0 Å². The number of nitrogens with zero attached hydrogens (tertiary/aromatic N) is 1. The molecule has 0 amide bonds. The molecule has 1 aromatic rings. The van der Waals surface area contributed by atoms with Gasteiger partial charge in [0, 0.05) is 30.2 Å². The van der Waals surface area contributed by atoms with Crippen LogP contribution in [0.1, 0.15) is 20.3 Å². The van der Waals surface area contributed by atoms with Crippen LogP contribution < -0.4 is 4.74 Å². The van der Waals surface area contributed by atoms with Gasteiger partial charge in [0.25, 0.3) is 0 Å². The zero-order chi connectivity index (χ0) is 9.03. The van der Waals surface area contributed by atoms with E-state index in [0.717, 1.165) is 5.06 Å². The molecule has 1 aromatic heterocycles. The van der Waals surface area contributed by atoms with Gasteiger partial charge in [-0.15, -0.1) is 0 Å². The van der Waals surface area contributed by atoms with Gasteiger partial charge in [-0.1, -0.05) is 0 Å². The van der Waals surface area contributed by atoms with Gasteiger partial charge in [-0.3, -0.25) is 0 Å². The van der Waals surface area contributed by atoms with Crippen molar-refractivity contribution in [2.75, 3.05) is 6.61 Å². The molecule has 0 fully saturated rings. The Labute approximate surface area is 76.2 Å². The Morgan fingerprint density at radius 1 is 1.67 bits per heavy atom. The zero-order valence-corrected chi connectivity index (χ0v) is 8.10. The third-order valence-electron chi connectivity index (χ3n) is 1.37. The molecule has 0 aliphatic carbocycles. The second kappa shape index (κ2) is 3.87. The Morgan fingerprint density at radius 3 is 2.92 bits per heavy atom. The van der Waals surface area contributed by atoms with Crippen LogP contribution in [-0.4, -0.2) is 21.7 Å². The van der Waals surface area contributed by atoms with E-state index in [4.69, 9.17) is 4.74 Å².